The molecule has 1 aliphatic rings. The van der Waals surface area contributed by atoms with Crippen LogP contribution in [0.3, 0.4) is 0 Å². The van der Waals surface area contributed by atoms with Gasteiger partial charge in [0.1, 0.15) is 5.82 Å². The predicted molar refractivity (Wildman–Crippen MR) is 142 cm³/mol. The highest BCUT2D eigenvalue weighted by Gasteiger charge is 2.16. The molecule has 2 aromatic carbocycles. The smallest absolute Gasteiger partial charge is 0.238 e. The third kappa shape index (κ3) is 5.34. The summed E-state index contributed by atoms with van der Waals surface area (Å²) < 4.78 is 25.8. The first kappa shape index (κ1) is 24.2. The minimum Gasteiger partial charge on any atom is -0.340 e. The third-order valence-corrected chi connectivity index (χ3v) is 7.84. The van der Waals surface area contributed by atoms with Gasteiger partial charge in [-0.15, -0.1) is 0 Å². The molecule has 0 unspecified atom stereocenters. The molecule has 0 atom stereocenters. The van der Waals surface area contributed by atoms with E-state index in [0.717, 1.165) is 28.7 Å². The van der Waals surface area contributed by atoms with Gasteiger partial charge in [-0.2, -0.15) is 10.1 Å². The van der Waals surface area contributed by atoms with Crippen molar-refractivity contribution < 1.29 is 8.42 Å². The number of hydrogen-bond acceptors (Lipinski definition) is 7. The van der Waals surface area contributed by atoms with Crippen LogP contribution >= 0.6 is 0 Å². The number of benzene rings is 2. The molecule has 188 valence electrons. The van der Waals surface area contributed by atoms with Crippen LogP contribution in [0.25, 0.3) is 10.9 Å². The summed E-state index contributed by atoms with van der Waals surface area (Å²) in [5.41, 5.74) is 4.03. The van der Waals surface area contributed by atoms with E-state index < -0.39 is 10.0 Å². The number of aromatic nitrogens is 4. The number of anilines is 4. The van der Waals surface area contributed by atoms with Crippen molar-refractivity contribution in [3.63, 3.8) is 0 Å². The van der Waals surface area contributed by atoms with E-state index in [2.05, 4.69) is 42.5 Å². The predicted octanol–water partition coefficient (Wildman–Crippen LogP) is 5.16. The van der Waals surface area contributed by atoms with Gasteiger partial charge in [-0.25, -0.2) is 18.5 Å². The quantitative estimate of drug-likeness (QED) is 0.316. The number of aryl methyl sites for hydroxylation is 2. The lowest BCUT2D eigenvalue weighted by atomic mass is 9.89. The molecule has 0 spiro atoms. The maximum Gasteiger partial charge on any atom is 0.238 e. The van der Waals surface area contributed by atoms with Crippen molar-refractivity contribution in [1.82, 2.24) is 19.7 Å². The molecule has 0 radical (unpaired) electrons. The van der Waals surface area contributed by atoms with Crippen LogP contribution in [0.1, 0.15) is 43.2 Å². The van der Waals surface area contributed by atoms with Crippen molar-refractivity contribution in [2.24, 2.45) is 11.1 Å². The van der Waals surface area contributed by atoms with Crippen molar-refractivity contribution in [2.45, 2.75) is 57.4 Å². The Bertz CT molecular complexity index is 1510. The van der Waals surface area contributed by atoms with E-state index >= 15 is 0 Å². The molecule has 4 N–H and O–H groups in total. The Morgan fingerprint density at radius 2 is 1.72 bits per heavy atom. The van der Waals surface area contributed by atoms with Gasteiger partial charge in [-0.1, -0.05) is 25.3 Å². The highest BCUT2D eigenvalue weighted by atomic mass is 32.2. The standard InChI is InChI=1S/C26H31N7O2S/c1-17-8-9-22(13-24(17)36(27,34)35)31-26-28-14-18(2)25(32-26)30-21-10-11-23-20(12-21)15-29-33(23)16-19-6-4-3-5-7-19/h8-15,19H,3-7,16H2,1-2H3,(H2,27,34,35)(H2,28,30,31,32). The van der Waals surface area contributed by atoms with Crippen molar-refractivity contribution in [3.8, 4) is 0 Å². The minimum absolute atomic E-state index is 0.0651. The lowest BCUT2D eigenvalue weighted by Crippen LogP contribution is -2.14. The van der Waals surface area contributed by atoms with Gasteiger partial charge in [0, 0.05) is 35.1 Å². The Kier molecular flexibility index (Phi) is 6.63. The van der Waals surface area contributed by atoms with Crippen molar-refractivity contribution >= 4 is 44.1 Å². The van der Waals surface area contributed by atoms with E-state index in [9.17, 15) is 8.42 Å². The van der Waals surface area contributed by atoms with Gasteiger partial charge >= 0.3 is 0 Å². The Hall–Kier alpha value is -3.50. The molecular formula is C26H31N7O2S. The molecule has 1 saturated carbocycles. The van der Waals surface area contributed by atoms with Crippen LogP contribution in [-0.2, 0) is 16.6 Å². The summed E-state index contributed by atoms with van der Waals surface area (Å²) in [6.45, 7) is 4.60. The molecule has 2 aromatic heterocycles. The highest BCUT2D eigenvalue weighted by Crippen LogP contribution is 2.28. The second-order valence-electron chi connectivity index (χ2n) is 9.60. The first-order valence-corrected chi connectivity index (χ1v) is 13.8. The molecular weight excluding hydrogens is 474 g/mol. The second-order valence-corrected chi connectivity index (χ2v) is 11.1. The molecule has 4 aromatic rings. The summed E-state index contributed by atoms with van der Waals surface area (Å²) in [5.74, 6) is 1.71. The molecule has 1 fully saturated rings. The van der Waals surface area contributed by atoms with Crippen LogP contribution in [-0.4, -0.2) is 28.2 Å². The molecule has 0 amide bonds. The average molecular weight is 506 g/mol. The first-order chi connectivity index (χ1) is 17.3. The third-order valence-electron chi connectivity index (χ3n) is 6.78. The molecule has 0 saturated heterocycles. The van der Waals surface area contributed by atoms with Crippen LogP contribution in [0.15, 0.2) is 53.7 Å². The topological polar surface area (TPSA) is 128 Å². The number of nitrogens with one attached hydrogen (secondary N) is 2. The highest BCUT2D eigenvalue weighted by molar-refractivity contribution is 7.89. The summed E-state index contributed by atoms with van der Waals surface area (Å²) >= 11 is 0. The maximum absolute atomic E-state index is 11.9. The number of fused-ring (bicyclic) bond motifs is 1. The fourth-order valence-corrected chi connectivity index (χ4v) is 5.61. The van der Waals surface area contributed by atoms with E-state index in [4.69, 9.17) is 5.14 Å². The van der Waals surface area contributed by atoms with Gasteiger partial charge in [0.05, 0.1) is 16.6 Å². The van der Waals surface area contributed by atoms with Gasteiger partial charge < -0.3 is 10.6 Å². The fourth-order valence-electron chi connectivity index (χ4n) is 4.80. The van der Waals surface area contributed by atoms with Gasteiger partial charge in [0.15, 0.2) is 0 Å². The zero-order valence-corrected chi connectivity index (χ0v) is 21.3. The van der Waals surface area contributed by atoms with Gasteiger partial charge in [0.25, 0.3) is 0 Å². The molecule has 0 aliphatic heterocycles. The summed E-state index contributed by atoms with van der Waals surface area (Å²) in [6, 6.07) is 11.2. The van der Waals surface area contributed by atoms with Crippen LogP contribution in [0.5, 0.6) is 0 Å². The van der Waals surface area contributed by atoms with Gasteiger partial charge in [-0.3, -0.25) is 4.68 Å². The number of nitrogens with zero attached hydrogens (tertiary/aromatic N) is 4. The first-order valence-electron chi connectivity index (χ1n) is 12.2. The van der Waals surface area contributed by atoms with Crippen LogP contribution in [0, 0.1) is 19.8 Å². The summed E-state index contributed by atoms with van der Waals surface area (Å²) in [4.78, 5) is 9.01. The summed E-state index contributed by atoms with van der Waals surface area (Å²) in [6.07, 6.45) is 10.2. The minimum atomic E-state index is -3.83. The van der Waals surface area contributed by atoms with Crippen molar-refractivity contribution in [3.05, 3.63) is 59.9 Å². The summed E-state index contributed by atoms with van der Waals surface area (Å²) in [5, 5.41) is 17.5. The molecule has 0 bridgehead atoms. The van der Waals surface area contributed by atoms with E-state index in [1.54, 1.807) is 25.3 Å². The molecule has 9 nitrogen and oxygen atoms in total. The molecule has 36 heavy (non-hydrogen) atoms. The maximum atomic E-state index is 11.9. The van der Waals surface area contributed by atoms with E-state index in [-0.39, 0.29) is 4.90 Å². The SMILES string of the molecule is Cc1ccc(Nc2ncc(C)c(Nc3ccc4c(cnn4CC4CCCCC4)c3)n2)cc1S(N)(=O)=O. The normalized spacial score (nSPS) is 14.8. The largest absolute Gasteiger partial charge is 0.340 e. The second kappa shape index (κ2) is 9.87. The fraction of sp³-hybridized carbons (Fsp3) is 0.346. The van der Waals surface area contributed by atoms with Gasteiger partial charge in [0.2, 0.25) is 16.0 Å². The molecule has 2 heterocycles. The monoisotopic (exact) mass is 505 g/mol. The zero-order chi connectivity index (χ0) is 25.3. The van der Waals surface area contributed by atoms with E-state index in [1.807, 2.05) is 19.2 Å². The Morgan fingerprint density at radius 1 is 0.972 bits per heavy atom. The van der Waals surface area contributed by atoms with Crippen molar-refractivity contribution in [2.75, 3.05) is 10.6 Å². The number of hydrogen-bond donors (Lipinski definition) is 3. The molecule has 1 aliphatic carbocycles. The lowest BCUT2D eigenvalue weighted by Gasteiger charge is -2.21. The summed E-state index contributed by atoms with van der Waals surface area (Å²) in [7, 11) is -3.83. The average Bonchev–Trinajstić information content (AvgIpc) is 3.24. The van der Waals surface area contributed by atoms with Crippen molar-refractivity contribution in [1.29, 1.82) is 0 Å². The Morgan fingerprint density at radius 3 is 2.50 bits per heavy atom. The Balaban J connectivity index is 1.34. The van der Waals surface area contributed by atoms with Crippen LogP contribution < -0.4 is 15.8 Å². The Labute approximate surface area is 211 Å². The number of nitrogens with two attached hydrogens (primary N) is 1. The lowest BCUT2D eigenvalue weighted by molar-refractivity contribution is 0.312. The van der Waals surface area contributed by atoms with Gasteiger partial charge in [-0.05, 0) is 68.5 Å². The van der Waals surface area contributed by atoms with Crippen LogP contribution in [0.2, 0.25) is 0 Å². The van der Waals surface area contributed by atoms with E-state index in [0.29, 0.717) is 28.9 Å². The van der Waals surface area contributed by atoms with Crippen LogP contribution in [0.4, 0.5) is 23.1 Å². The molecule has 10 heteroatoms. The number of primary sulfonamides is 1. The number of rotatable bonds is 7. The van der Waals surface area contributed by atoms with E-state index in [1.165, 1.54) is 38.2 Å². The molecule has 5 rings (SSSR count). The zero-order valence-electron chi connectivity index (χ0n) is 20.5. The number of sulfonamides is 1.